The lowest BCUT2D eigenvalue weighted by atomic mass is 10.1. The molecule has 1 rings (SSSR count). The van der Waals surface area contributed by atoms with Crippen molar-refractivity contribution in [1.29, 1.82) is 0 Å². The van der Waals surface area contributed by atoms with Crippen molar-refractivity contribution in [1.82, 2.24) is 0 Å². The lowest BCUT2D eigenvalue weighted by Crippen LogP contribution is -2.17. The highest BCUT2D eigenvalue weighted by Crippen LogP contribution is 2.31. The summed E-state index contributed by atoms with van der Waals surface area (Å²) in [6.07, 6.45) is 0.804. The molecule has 0 atom stereocenters. The van der Waals surface area contributed by atoms with Gasteiger partial charge >= 0.3 is 0 Å². The summed E-state index contributed by atoms with van der Waals surface area (Å²) in [5.41, 5.74) is 6.42. The molecule has 3 nitrogen and oxygen atoms in total. The van der Waals surface area contributed by atoms with Crippen LogP contribution in [-0.2, 0) is 0 Å². The zero-order valence-electron chi connectivity index (χ0n) is 6.98. The molecule has 15 heavy (non-hydrogen) atoms. The highest BCUT2D eigenvalue weighted by atomic mass is 127. The Labute approximate surface area is 141 Å². The Bertz CT molecular complexity index is 429. The van der Waals surface area contributed by atoms with Crippen molar-refractivity contribution < 1.29 is 9.59 Å². The smallest absolute Gasteiger partial charge is 0.250 e. The minimum atomic E-state index is -0.461. The molecule has 7 heteroatoms. The van der Waals surface area contributed by atoms with Gasteiger partial charge in [-0.3, -0.25) is 9.59 Å². The molecule has 0 aliphatic carbocycles. The lowest BCUT2D eigenvalue weighted by Gasteiger charge is -2.11. The Morgan fingerprint density at radius 1 is 1.00 bits per heavy atom. The highest BCUT2D eigenvalue weighted by Gasteiger charge is 2.21. The van der Waals surface area contributed by atoms with Crippen molar-refractivity contribution in [3.8, 4) is 0 Å². The fraction of sp³-hybridized carbons (Fsp3) is 0. The Morgan fingerprint density at radius 2 is 1.40 bits per heavy atom. The summed E-state index contributed by atoms with van der Waals surface area (Å²) in [5.74, 6) is -0.461. The van der Waals surface area contributed by atoms with Crippen LogP contribution in [0.3, 0.4) is 0 Å². The van der Waals surface area contributed by atoms with E-state index in [4.69, 9.17) is 5.73 Å². The summed E-state index contributed by atoms with van der Waals surface area (Å²) in [6.45, 7) is 0. The van der Waals surface area contributed by atoms with Gasteiger partial charge in [-0.15, -0.1) is 0 Å². The van der Waals surface area contributed by atoms with Gasteiger partial charge in [-0.1, -0.05) is 0 Å². The molecule has 1 amide bonds. The van der Waals surface area contributed by atoms with E-state index in [2.05, 4.69) is 45.2 Å². The van der Waals surface area contributed by atoms with Gasteiger partial charge in [-0.05, 0) is 90.4 Å². The van der Waals surface area contributed by atoms with Gasteiger partial charge in [0, 0.05) is 19.8 Å². The number of nitrogens with two attached hydrogens (primary N) is 1. The zero-order chi connectivity index (χ0) is 11.7. The van der Waals surface area contributed by atoms with E-state index in [1.54, 1.807) is 0 Å². The van der Waals surface area contributed by atoms with Crippen molar-refractivity contribution >= 4 is 103 Å². The second kappa shape index (κ2) is 5.75. The van der Waals surface area contributed by atoms with E-state index < -0.39 is 5.91 Å². The third-order valence-electron chi connectivity index (χ3n) is 1.66. The third-order valence-corrected chi connectivity index (χ3v) is 8.12. The summed E-state index contributed by atoms with van der Waals surface area (Å²) in [6, 6.07) is 0. The number of hydrogen-bond donors (Lipinski definition) is 1. The van der Waals surface area contributed by atoms with Crippen LogP contribution in [0.2, 0.25) is 0 Å². The Morgan fingerprint density at radius 3 is 1.67 bits per heavy atom. The van der Waals surface area contributed by atoms with Gasteiger partial charge in [0.05, 0.1) is 5.56 Å². The Balaban J connectivity index is 3.74. The van der Waals surface area contributed by atoms with Crippen LogP contribution in [-0.4, -0.2) is 12.2 Å². The van der Waals surface area contributed by atoms with E-state index in [0.717, 1.165) is 20.6 Å². The summed E-state index contributed by atoms with van der Waals surface area (Å²) < 4.78 is 3.05. The maximum absolute atomic E-state index is 11.3. The maximum atomic E-state index is 11.3. The van der Waals surface area contributed by atoms with E-state index >= 15 is 0 Å². The SMILES string of the molecule is NC(=O)c1c(I)c(I)c(C=O)c(I)c1I. The molecular weight excluding hydrogens is 650 g/mol. The standard InChI is InChI=1S/C8H3I4NO2/c9-4-2(1-14)5(10)7(12)3(6(4)11)8(13)15/h1H,(H2,13,15). The first-order valence-electron chi connectivity index (χ1n) is 3.52. The first-order chi connectivity index (χ1) is 6.91. The molecule has 0 saturated carbocycles. The number of hydrogen-bond acceptors (Lipinski definition) is 2. The molecule has 0 aliphatic heterocycles. The molecule has 1 aromatic carbocycles. The predicted molar refractivity (Wildman–Crippen MR) is 91.2 cm³/mol. The summed E-state index contributed by atoms with van der Waals surface area (Å²) in [7, 11) is 0. The minimum Gasteiger partial charge on any atom is -0.366 e. The van der Waals surface area contributed by atoms with Crippen molar-refractivity contribution in [3.05, 3.63) is 25.4 Å². The first kappa shape index (κ1) is 14.3. The van der Waals surface area contributed by atoms with Crippen molar-refractivity contribution in [2.45, 2.75) is 0 Å². The minimum absolute atomic E-state index is 0.461. The molecule has 0 spiro atoms. The monoisotopic (exact) mass is 653 g/mol. The van der Waals surface area contributed by atoms with Crippen LogP contribution in [0.25, 0.3) is 0 Å². The van der Waals surface area contributed by atoms with Crippen LogP contribution in [0.4, 0.5) is 0 Å². The first-order valence-corrected chi connectivity index (χ1v) is 7.84. The van der Waals surface area contributed by atoms with Gasteiger partial charge in [0.2, 0.25) is 0 Å². The van der Waals surface area contributed by atoms with Gasteiger partial charge < -0.3 is 5.73 Å². The fourth-order valence-electron chi connectivity index (χ4n) is 0.968. The number of primary amides is 1. The number of carbonyl (C=O) groups is 2. The second-order valence-electron chi connectivity index (χ2n) is 2.53. The van der Waals surface area contributed by atoms with Gasteiger partial charge in [-0.2, -0.15) is 0 Å². The molecule has 0 saturated heterocycles. The molecule has 0 radical (unpaired) electrons. The molecule has 0 bridgehead atoms. The number of amides is 1. The van der Waals surface area contributed by atoms with Crippen LogP contribution in [0, 0.1) is 14.3 Å². The topological polar surface area (TPSA) is 60.2 Å². The highest BCUT2D eigenvalue weighted by molar-refractivity contribution is 14.1. The van der Waals surface area contributed by atoms with Gasteiger partial charge in [0.25, 0.3) is 5.91 Å². The lowest BCUT2D eigenvalue weighted by molar-refractivity contribution is 0.0997. The summed E-state index contributed by atoms with van der Waals surface area (Å²) in [5, 5.41) is 0. The van der Waals surface area contributed by atoms with E-state index in [0.29, 0.717) is 11.1 Å². The fourth-order valence-corrected chi connectivity index (χ4v) is 4.99. The molecule has 2 N–H and O–H groups in total. The normalized spacial score (nSPS) is 10.1. The third kappa shape index (κ3) is 2.75. The van der Waals surface area contributed by atoms with Crippen molar-refractivity contribution in [2.75, 3.05) is 0 Å². The van der Waals surface area contributed by atoms with E-state index in [-0.39, 0.29) is 0 Å². The predicted octanol–water partition coefficient (Wildman–Crippen LogP) is 3.02. The number of benzene rings is 1. The van der Waals surface area contributed by atoms with Crippen molar-refractivity contribution in [3.63, 3.8) is 0 Å². The van der Waals surface area contributed by atoms with Crippen molar-refractivity contribution in [2.24, 2.45) is 5.73 Å². The average molecular weight is 653 g/mol. The van der Waals surface area contributed by atoms with Crippen LogP contribution < -0.4 is 5.73 Å². The number of aldehydes is 1. The largest absolute Gasteiger partial charge is 0.366 e. The maximum Gasteiger partial charge on any atom is 0.250 e. The van der Waals surface area contributed by atoms with Crippen LogP contribution >= 0.6 is 90.4 Å². The number of halogens is 4. The van der Waals surface area contributed by atoms with E-state index in [1.165, 1.54) is 0 Å². The molecule has 0 unspecified atom stereocenters. The molecule has 0 heterocycles. The van der Waals surface area contributed by atoms with Crippen LogP contribution in [0.1, 0.15) is 20.7 Å². The second-order valence-corrected chi connectivity index (χ2v) is 6.84. The number of carbonyl (C=O) groups excluding carboxylic acids is 2. The molecule has 80 valence electrons. The summed E-state index contributed by atoms with van der Waals surface area (Å²) in [4.78, 5) is 22.2. The molecular formula is C8H3I4NO2. The molecule has 0 fully saturated rings. The Hall–Kier alpha value is 1.28. The molecule has 1 aromatic rings. The van der Waals surface area contributed by atoms with Gasteiger partial charge in [-0.25, -0.2) is 0 Å². The van der Waals surface area contributed by atoms with E-state index in [9.17, 15) is 9.59 Å². The van der Waals surface area contributed by atoms with Gasteiger partial charge in [0.15, 0.2) is 6.29 Å². The number of rotatable bonds is 2. The van der Waals surface area contributed by atoms with Crippen LogP contribution in [0.5, 0.6) is 0 Å². The average Bonchev–Trinajstić information content (AvgIpc) is 2.16. The zero-order valence-corrected chi connectivity index (χ0v) is 15.6. The molecule has 0 aromatic heterocycles. The molecule has 0 aliphatic rings. The summed E-state index contributed by atoms with van der Waals surface area (Å²) >= 11 is 8.18. The Kier molecular flexibility index (Phi) is 5.50. The quantitative estimate of drug-likeness (QED) is 0.304. The van der Waals surface area contributed by atoms with E-state index in [1.807, 2.05) is 45.2 Å². The van der Waals surface area contributed by atoms with Crippen LogP contribution in [0.15, 0.2) is 0 Å². The van der Waals surface area contributed by atoms with Gasteiger partial charge in [0.1, 0.15) is 0 Å².